The Hall–Kier alpha value is -4.95. The summed E-state index contributed by atoms with van der Waals surface area (Å²) >= 11 is 6.36. The fourth-order valence-electron chi connectivity index (χ4n) is 6.33. The maximum Gasteiger partial charge on any atom is 0.233 e. The Morgan fingerprint density at radius 3 is 2.22 bits per heavy atom. The molecule has 0 bridgehead atoms. The predicted octanol–water partition coefficient (Wildman–Crippen LogP) is 8.97. The number of hydrogen-bond donors (Lipinski definition) is 4. The third-order valence-electron chi connectivity index (χ3n) is 8.94. The summed E-state index contributed by atoms with van der Waals surface area (Å²) in [6.45, 7) is 12.5. The number of rotatable bonds is 8. The predicted molar refractivity (Wildman–Crippen MR) is 189 cm³/mol. The van der Waals surface area contributed by atoms with Gasteiger partial charge in [0.1, 0.15) is 0 Å². The minimum Gasteiger partial charge on any atom is -0.398 e. The Morgan fingerprint density at radius 1 is 0.804 bits per heavy atom. The number of benzene rings is 4. The van der Waals surface area contributed by atoms with E-state index in [4.69, 9.17) is 17.3 Å². The number of carbonyl (C=O) groups excluding carboxylic acids is 1. The average molecular weight is 632 g/mol. The molecular weight excluding hydrogens is 594 g/mol. The van der Waals surface area contributed by atoms with Crippen LogP contribution in [0.5, 0.6) is 0 Å². The number of nitrogen functional groups attached to an aromatic ring is 1. The summed E-state index contributed by atoms with van der Waals surface area (Å²) < 4.78 is 0. The van der Waals surface area contributed by atoms with Crippen molar-refractivity contribution in [2.24, 2.45) is 0 Å². The largest absolute Gasteiger partial charge is 0.398 e. The van der Waals surface area contributed by atoms with Crippen LogP contribution in [0.3, 0.4) is 0 Å². The molecule has 234 valence electrons. The van der Waals surface area contributed by atoms with Crippen LogP contribution in [0.25, 0.3) is 0 Å². The van der Waals surface area contributed by atoms with Gasteiger partial charge in [-0.2, -0.15) is 15.0 Å². The molecule has 46 heavy (non-hydrogen) atoms. The zero-order chi connectivity index (χ0) is 32.7. The molecule has 0 unspecified atom stereocenters. The molecule has 8 nitrogen and oxygen atoms in total. The van der Waals surface area contributed by atoms with E-state index in [2.05, 4.69) is 71.6 Å². The van der Waals surface area contributed by atoms with Gasteiger partial charge in [-0.3, -0.25) is 4.79 Å². The van der Waals surface area contributed by atoms with Gasteiger partial charge in [0.2, 0.25) is 17.2 Å². The molecular formula is C37H38ClN7O. The molecule has 1 aliphatic rings. The molecule has 0 aliphatic heterocycles. The number of ketones is 1. The number of carbonyl (C=O) groups is 1. The second-order valence-electron chi connectivity index (χ2n) is 12.0. The van der Waals surface area contributed by atoms with Crippen molar-refractivity contribution >= 4 is 57.7 Å². The molecule has 0 atom stereocenters. The summed E-state index contributed by atoms with van der Waals surface area (Å²) in [5.41, 5.74) is 20.5. The van der Waals surface area contributed by atoms with Gasteiger partial charge in [-0.15, -0.1) is 0 Å². The molecule has 0 spiro atoms. The summed E-state index contributed by atoms with van der Waals surface area (Å²) in [6.07, 6.45) is 2.31. The van der Waals surface area contributed by atoms with Gasteiger partial charge in [-0.25, -0.2) is 0 Å². The van der Waals surface area contributed by atoms with Gasteiger partial charge in [-0.05, 0) is 115 Å². The van der Waals surface area contributed by atoms with Gasteiger partial charge in [0.05, 0.1) is 5.56 Å². The lowest BCUT2D eigenvalue weighted by Gasteiger charge is -2.27. The fourth-order valence-corrected chi connectivity index (χ4v) is 6.49. The fraction of sp³-hybridized carbons (Fsp3) is 0.243. The van der Waals surface area contributed by atoms with E-state index >= 15 is 0 Å². The maximum atomic E-state index is 13.8. The van der Waals surface area contributed by atoms with Gasteiger partial charge in [-0.1, -0.05) is 49.7 Å². The van der Waals surface area contributed by atoms with E-state index in [9.17, 15) is 4.79 Å². The maximum absolute atomic E-state index is 13.8. The van der Waals surface area contributed by atoms with Gasteiger partial charge in [0, 0.05) is 40.4 Å². The summed E-state index contributed by atoms with van der Waals surface area (Å²) in [5.74, 6) is 0.647. The molecule has 1 aromatic heterocycles. The normalized spacial score (nSPS) is 12.0. The smallest absolute Gasteiger partial charge is 0.233 e. The quantitative estimate of drug-likeness (QED) is 0.123. The molecule has 0 radical (unpaired) electrons. The second kappa shape index (κ2) is 12.4. The molecule has 9 heteroatoms. The number of nitrogens with zero attached hydrogens (tertiary/aromatic N) is 3. The lowest BCUT2D eigenvalue weighted by atomic mass is 9.81. The Morgan fingerprint density at radius 2 is 1.50 bits per heavy atom. The lowest BCUT2D eigenvalue weighted by Crippen LogP contribution is -2.20. The van der Waals surface area contributed by atoms with Crippen molar-refractivity contribution in [3.63, 3.8) is 0 Å². The number of halogens is 1. The molecule has 0 amide bonds. The topological polar surface area (TPSA) is 118 Å². The molecule has 0 saturated carbocycles. The second-order valence-corrected chi connectivity index (χ2v) is 12.3. The van der Waals surface area contributed by atoms with Crippen LogP contribution in [0.1, 0.15) is 73.8 Å². The minimum absolute atomic E-state index is 0.0203. The van der Waals surface area contributed by atoms with Gasteiger partial charge in [0.25, 0.3) is 0 Å². The molecule has 1 heterocycles. The Balaban J connectivity index is 1.42. The first-order chi connectivity index (χ1) is 22.0. The van der Waals surface area contributed by atoms with Crippen LogP contribution >= 0.6 is 11.6 Å². The Bertz CT molecular complexity index is 2020. The number of anilines is 7. The van der Waals surface area contributed by atoms with E-state index in [0.717, 1.165) is 85.7 Å². The molecule has 0 saturated heterocycles. The summed E-state index contributed by atoms with van der Waals surface area (Å²) in [6, 6.07) is 17.9. The van der Waals surface area contributed by atoms with Crippen LogP contribution < -0.4 is 21.7 Å². The van der Waals surface area contributed by atoms with Gasteiger partial charge >= 0.3 is 0 Å². The van der Waals surface area contributed by atoms with Gasteiger partial charge in [0.15, 0.2) is 5.78 Å². The Labute approximate surface area is 274 Å². The van der Waals surface area contributed by atoms with Crippen LogP contribution in [0.15, 0.2) is 54.6 Å². The number of fused-ring (bicyclic) bond motifs is 2. The molecule has 6 rings (SSSR count). The zero-order valence-electron chi connectivity index (χ0n) is 27.0. The summed E-state index contributed by atoms with van der Waals surface area (Å²) in [4.78, 5) is 27.1. The highest BCUT2D eigenvalue weighted by Crippen LogP contribution is 2.42. The van der Waals surface area contributed by atoms with Crippen molar-refractivity contribution in [2.75, 3.05) is 21.7 Å². The molecule has 4 aromatic carbocycles. The number of aryl methyl sites for hydroxylation is 2. The third kappa shape index (κ3) is 5.76. The van der Waals surface area contributed by atoms with Crippen molar-refractivity contribution in [1.29, 1.82) is 0 Å². The lowest BCUT2D eigenvalue weighted by molar-refractivity contribution is 0.103. The molecule has 1 aliphatic carbocycles. The van der Waals surface area contributed by atoms with Crippen LogP contribution in [0.4, 0.5) is 40.3 Å². The van der Waals surface area contributed by atoms with Crippen molar-refractivity contribution in [1.82, 2.24) is 15.0 Å². The van der Waals surface area contributed by atoms with E-state index in [1.165, 1.54) is 0 Å². The highest BCUT2D eigenvalue weighted by atomic mass is 35.5. The number of aromatic nitrogens is 3. The summed E-state index contributed by atoms with van der Waals surface area (Å²) in [7, 11) is 0. The van der Waals surface area contributed by atoms with Crippen LogP contribution in [0.2, 0.25) is 5.28 Å². The minimum atomic E-state index is -0.0203. The zero-order valence-corrected chi connectivity index (χ0v) is 27.8. The number of nitrogens with two attached hydrogens (primary N) is 1. The van der Waals surface area contributed by atoms with Crippen LogP contribution in [0, 0.1) is 34.6 Å². The molecule has 5 N–H and O–H groups in total. The Kier molecular flexibility index (Phi) is 8.40. The highest BCUT2D eigenvalue weighted by molar-refractivity contribution is 6.28. The SMILES string of the molecule is CCCc1cc(Nc2c(C)c(C)c(C)c(Nc3nc(Cl)nc(Nc4cccc(C)c4)n3)c2C)c2c(c1N)C(=O)c1ccccc1C2. The van der Waals surface area contributed by atoms with Crippen molar-refractivity contribution in [2.45, 2.75) is 60.8 Å². The van der Waals surface area contributed by atoms with E-state index in [-0.39, 0.29) is 11.1 Å². The van der Waals surface area contributed by atoms with E-state index in [0.29, 0.717) is 29.6 Å². The van der Waals surface area contributed by atoms with Crippen molar-refractivity contribution in [3.8, 4) is 0 Å². The standard InChI is InChI=1S/C37H38ClN7O/c1-7-11-25-18-29(28-17-24-13-8-9-15-27(24)34(46)30(28)31(25)39)41-32-21(4)20(3)22(5)33(23(32)6)42-37-44-35(38)43-36(45-37)40-26-14-10-12-19(2)16-26/h8-10,12-16,18,41H,7,11,17,39H2,1-6H3,(H2,40,42,43,44,45). The monoisotopic (exact) mass is 631 g/mol. The van der Waals surface area contributed by atoms with E-state index < -0.39 is 0 Å². The summed E-state index contributed by atoms with van der Waals surface area (Å²) in [5, 5.41) is 10.5. The first-order valence-corrected chi connectivity index (χ1v) is 15.9. The molecule has 0 fully saturated rings. The van der Waals surface area contributed by atoms with E-state index in [1.54, 1.807) is 0 Å². The first-order valence-electron chi connectivity index (χ1n) is 15.5. The first kappa shape index (κ1) is 31.0. The van der Waals surface area contributed by atoms with Crippen LogP contribution in [-0.4, -0.2) is 20.7 Å². The van der Waals surface area contributed by atoms with Crippen molar-refractivity contribution in [3.05, 3.63) is 116 Å². The van der Waals surface area contributed by atoms with Crippen molar-refractivity contribution < 1.29 is 4.79 Å². The third-order valence-corrected chi connectivity index (χ3v) is 9.11. The number of nitrogens with one attached hydrogen (secondary N) is 3. The molecule has 5 aromatic rings. The average Bonchev–Trinajstić information content (AvgIpc) is 3.02. The highest BCUT2D eigenvalue weighted by Gasteiger charge is 2.29. The van der Waals surface area contributed by atoms with Crippen LogP contribution in [-0.2, 0) is 12.8 Å². The number of hydrogen-bond acceptors (Lipinski definition) is 8. The van der Waals surface area contributed by atoms with E-state index in [1.807, 2.05) is 55.5 Å². The van der Waals surface area contributed by atoms with Gasteiger partial charge < -0.3 is 21.7 Å².